The molecule has 1 aromatic carbocycles. The Balaban J connectivity index is 2.44. The van der Waals surface area contributed by atoms with Crippen molar-refractivity contribution in [2.75, 3.05) is 24.0 Å². The lowest BCUT2D eigenvalue weighted by Gasteiger charge is -2.25. The molecule has 1 unspecified atom stereocenters. The summed E-state index contributed by atoms with van der Waals surface area (Å²) in [4.78, 5) is 4.85. The summed E-state index contributed by atoms with van der Waals surface area (Å²) in [5.41, 5.74) is 10.6. The maximum absolute atomic E-state index is 9.08. The summed E-state index contributed by atoms with van der Waals surface area (Å²) in [5, 5.41) is 13.6. The van der Waals surface area contributed by atoms with Gasteiger partial charge in [-0.25, -0.2) is 10.8 Å². The van der Waals surface area contributed by atoms with Gasteiger partial charge in [-0.3, -0.25) is 10.3 Å². The molecule has 0 aliphatic heterocycles. The molecule has 0 aliphatic rings. The Hall–Kier alpha value is -2.15. The van der Waals surface area contributed by atoms with Crippen LogP contribution in [0.3, 0.4) is 0 Å². The van der Waals surface area contributed by atoms with E-state index in [-0.39, 0.29) is 12.6 Å². The van der Waals surface area contributed by atoms with Crippen molar-refractivity contribution in [2.24, 2.45) is 5.84 Å². The molecule has 1 atom stereocenters. The molecule has 0 radical (unpaired) electrons. The molecule has 0 fully saturated rings. The first-order chi connectivity index (χ1) is 12.0. The maximum atomic E-state index is 9.08. The molecule has 0 bridgehead atoms. The number of hydrogen-bond donors (Lipinski definition) is 4. The smallest absolute Gasteiger partial charge is 0.150 e. The summed E-state index contributed by atoms with van der Waals surface area (Å²) in [6.45, 7) is 6.86. The van der Waals surface area contributed by atoms with Gasteiger partial charge in [0.2, 0.25) is 0 Å². The van der Waals surface area contributed by atoms with Crippen molar-refractivity contribution in [3.05, 3.63) is 47.2 Å². The van der Waals surface area contributed by atoms with E-state index in [2.05, 4.69) is 25.2 Å². The first-order valence-electron chi connectivity index (χ1n) is 8.68. The van der Waals surface area contributed by atoms with E-state index in [1.165, 1.54) is 0 Å². The van der Waals surface area contributed by atoms with Crippen LogP contribution in [0.15, 0.2) is 30.3 Å². The predicted molar refractivity (Wildman–Crippen MR) is 104 cm³/mol. The monoisotopic (exact) mass is 343 g/mol. The van der Waals surface area contributed by atoms with E-state index in [1.807, 2.05) is 31.2 Å². The lowest BCUT2D eigenvalue weighted by molar-refractivity contribution is 0.255. The van der Waals surface area contributed by atoms with Crippen molar-refractivity contribution in [1.82, 2.24) is 10.3 Å². The number of hydrogen-bond acceptors (Lipinski definition) is 6. The number of nitrogens with one attached hydrogen (secondary N) is 1. The quantitative estimate of drug-likeness (QED) is 0.254. The number of nitrogens with two attached hydrogens (primary N) is 2. The van der Waals surface area contributed by atoms with Crippen LogP contribution in [-0.4, -0.2) is 23.4 Å². The van der Waals surface area contributed by atoms with Gasteiger partial charge in [0.15, 0.2) is 5.82 Å². The van der Waals surface area contributed by atoms with Crippen LogP contribution in [0.25, 0.3) is 0 Å². The van der Waals surface area contributed by atoms with Gasteiger partial charge in [-0.2, -0.15) is 0 Å². The van der Waals surface area contributed by atoms with Crippen molar-refractivity contribution >= 4 is 17.2 Å². The average Bonchev–Trinajstić information content (AvgIpc) is 2.60. The van der Waals surface area contributed by atoms with Gasteiger partial charge in [-0.1, -0.05) is 25.5 Å². The van der Waals surface area contributed by atoms with Crippen LogP contribution >= 0.6 is 0 Å². The van der Waals surface area contributed by atoms with E-state index in [9.17, 15) is 0 Å². The number of aliphatic hydroxyl groups is 1. The van der Waals surface area contributed by atoms with Gasteiger partial charge in [0.25, 0.3) is 0 Å². The zero-order chi connectivity index (χ0) is 18.4. The lowest BCUT2D eigenvalue weighted by Crippen LogP contribution is -2.29. The SMILES string of the molecule is CCCC(CNCO)c1cc(C)c(C)c(N(N)c2ccccc2N)n1. The number of hydrazine groups is 1. The molecule has 0 saturated heterocycles. The zero-order valence-electron chi connectivity index (χ0n) is 15.3. The second-order valence-corrected chi connectivity index (χ2v) is 6.34. The first-order valence-corrected chi connectivity index (χ1v) is 8.68. The van der Waals surface area contributed by atoms with Gasteiger partial charge in [-0.15, -0.1) is 0 Å². The highest BCUT2D eigenvalue weighted by Gasteiger charge is 2.19. The number of aromatic nitrogens is 1. The van der Waals surface area contributed by atoms with E-state index < -0.39 is 0 Å². The third-order valence-electron chi connectivity index (χ3n) is 4.51. The standard InChI is InChI=1S/C19H29N5O/c1-4-7-15(11-22-12-25)17-10-13(2)14(3)19(23-17)24(21)18-9-6-5-8-16(18)20/h5-6,8-10,15,22,25H,4,7,11-12,20-21H2,1-3H3. The Labute approximate surface area is 149 Å². The molecule has 2 aromatic rings. The van der Waals surface area contributed by atoms with Gasteiger partial charge < -0.3 is 10.8 Å². The molecule has 0 aliphatic carbocycles. The molecule has 1 aromatic heterocycles. The van der Waals surface area contributed by atoms with Crippen molar-refractivity contribution in [2.45, 2.75) is 39.5 Å². The summed E-state index contributed by atoms with van der Waals surface area (Å²) >= 11 is 0. The number of anilines is 3. The third-order valence-corrected chi connectivity index (χ3v) is 4.51. The Kier molecular flexibility index (Phi) is 6.75. The molecule has 25 heavy (non-hydrogen) atoms. The highest BCUT2D eigenvalue weighted by molar-refractivity contribution is 5.73. The second kappa shape index (κ2) is 8.80. The topological polar surface area (TPSA) is 100 Å². The summed E-state index contributed by atoms with van der Waals surface area (Å²) in [6.07, 6.45) is 2.03. The predicted octanol–water partition coefficient (Wildman–Crippen LogP) is 2.72. The fourth-order valence-electron chi connectivity index (χ4n) is 2.95. The molecule has 6 N–H and O–H groups in total. The highest BCUT2D eigenvalue weighted by atomic mass is 16.3. The van der Waals surface area contributed by atoms with Gasteiger partial charge >= 0.3 is 0 Å². The molecular formula is C19H29N5O. The Bertz CT molecular complexity index is 704. The van der Waals surface area contributed by atoms with Crippen molar-refractivity contribution in [3.8, 4) is 0 Å². The summed E-state index contributed by atoms with van der Waals surface area (Å²) in [7, 11) is 0. The van der Waals surface area contributed by atoms with E-state index >= 15 is 0 Å². The Morgan fingerprint density at radius 2 is 2.00 bits per heavy atom. The molecule has 0 spiro atoms. The van der Waals surface area contributed by atoms with Crippen LogP contribution in [-0.2, 0) is 0 Å². The molecule has 6 heteroatoms. The molecular weight excluding hydrogens is 314 g/mol. The van der Waals surface area contributed by atoms with Gasteiger partial charge in [0.05, 0.1) is 18.1 Å². The number of nitrogen functional groups attached to an aromatic ring is 1. The summed E-state index contributed by atoms with van der Waals surface area (Å²) in [5.74, 6) is 7.29. The van der Waals surface area contributed by atoms with Crippen LogP contribution in [0.5, 0.6) is 0 Å². The van der Waals surface area contributed by atoms with Crippen LogP contribution in [0.1, 0.15) is 42.5 Å². The van der Waals surface area contributed by atoms with Crippen molar-refractivity contribution < 1.29 is 5.11 Å². The number of pyridine rings is 1. The number of nitrogens with zero attached hydrogens (tertiary/aromatic N) is 2. The minimum absolute atomic E-state index is 0.0402. The third kappa shape index (κ3) is 4.48. The number of para-hydroxylation sites is 2. The fourth-order valence-corrected chi connectivity index (χ4v) is 2.95. The molecule has 2 rings (SSSR count). The summed E-state index contributed by atoms with van der Waals surface area (Å²) < 4.78 is 0. The molecule has 0 amide bonds. The van der Waals surface area contributed by atoms with Crippen LogP contribution in [0.4, 0.5) is 17.2 Å². The fraction of sp³-hybridized carbons (Fsp3) is 0.421. The Morgan fingerprint density at radius 1 is 1.28 bits per heavy atom. The second-order valence-electron chi connectivity index (χ2n) is 6.34. The van der Waals surface area contributed by atoms with E-state index in [0.717, 1.165) is 35.3 Å². The normalized spacial score (nSPS) is 12.2. The molecule has 136 valence electrons. The van der Waals surface area contributed by atoms with Gasteiger partial charge in [0, 0.05) is 18.2 Å². The highest BCUT2D eigenvalue weighted by Crippen LogP contribution is 2.31. The lowest BCUT2D eigenvalue weighted by atomic mass is 9.96. The molecule has 1 heterocycles. The minimum Gasteiger partial charge on any atom is -0.397 e. The number of benzene rings is 1. The van der Waals surface area contributed by atoms with Gasteiger partial charge in [-0.05, 0) is 49.6 Å². The van der Waals surface area contributed by atoms with E-state index in [0.29, 0.717) is 18.1 Å². The minimum atomic E-state index is -0.0402. The number of rotatable bonds is 8. The van der Waals surface area contributed by atoms with Crippen LogP contribution in [0, 0.1) is 13.8 Å². The Morgan fingerprint density at radius 3 is 2.64 bits per heavy atom. The molecule has 6 nitrogen and oxygen atoms in total. The summed E-state index contributed by atoms with van der Waals surface area (Å²) in [6, 6.07) is 9.61. The van der Waals surface area contributed by atoms with Crippen molar-refractivity contribution in [1.29, 1.82) is 0 Å². The largest absolute Gasteiger partial charge is 0.397 e. The van der Waals surface area contributed by atoms with E-state index in [4.69, 9.17) is 21.7 Å². The number of aliphatic hydroxyl groups excluding tert-OH is 1. The van der Waals surface area contributed by atoms with Gasteiger partial charge in [0.1, 0.15) is 0 Å². The van der Waals surface area contributed by atoms with Crippen LogP contribution in [0.2, 0.25) is 0 Å². The number of aryl methyl sites for hydroxylation is 1. The van der Waals surface area contributed by atoms with E-state index in [1.54, 1.807) is 5.01 Å². The van der Waals surface area contributed by atoms with Crippen LogP contribution < -0.4 is 21.9 Å². The maximum Gasteiger partial charge on any atom is 0.150 e. The average molecular weight is 343 g/mol. The molecule has 0 saturated carbocycles. The first kappa shape index (κ1) is 19.2. The zero-order valence-corrected chi connectivity index (χ0v) is 15.3. The van der Waals surface area contributed by atoms with Crippen molar-refractivity contribution in [3.63, 3.8) is 0 Å².